The predicted octanol–water partition coefficient (Wildman–Crippen LogP) is 3.17. The molecule has 2 unspecified atom stereocenters. The van der Waals surface area contributed by atoms with E-state index in [1.54, 1.807) is 18.2 Å². The second-order valence-electron chi connectivity index (χ2n) is 7.25. The maximum atomic E-state index is 13.7. The number of piperazine rings is 1. The molecule has 2 atom stereocenters. The van der Waals surface area contributed by atoms with Crippen LogP contribution in [0, 0.1) is 5.82 Å². The number of ether oxygens (including phenoxy) is 2. The van der Waals surface area contributed by atoms with E-state index in [4.69, 9.17) is 9.47 Å². The maximum Gasteiger partial charge on any atom is 0.254 e. The molecule has 0 spiro atoms. The van der Waals surface area contributed by atoms with E-state index >= 15 is 0 Å². The average molecular weight is 384 g/mol. The molecule has 2 aliphatic rings. The van der Waals surface area contributed by atoms with E-state index in [-0.39, 0.29) is 23.9 Å². The fraction of sp³-hybridized carbons (Fsp3) is 0.409. The first-order valence-electron chi connectivity index (χ1n) is 9.82. The first-order valence-corrected chi connectivity index (χ1v) is 9.82. The third kappa shape index (κ3) is 4.34. The summed E-state index contributed by atoms with van der Waals surface area (Å²) in [5.41, 5.74) is 1.37. The van der Waals surface area contributed by atoms with Crippen molar-refractivity contribution in [3.05, 3.63) is 65.5 Å². The van der Waals surface area contributed by atoms with Crippen molar-refractivity contribution in [2.75, 3.05) is 32.8 Å². The van der Waals surface area contributed by atoms with Crippen LogP contribution in [0.25, 0.3) is 0 Å². The largest absolute Gasteiger partial charge is 0.491 e. The number of amides is 1. The molecule has 0 bridgehead atoms. The summed E-state index contributed by atoms with van der Waals surface area (Å²) in [4.78, 5) is 15.0. The molecular weight excluding hydrogens is 359 g/mol. The molecule has 2 aromatic rings. The van der Waals surface area contributed by atoms with Gasteiger partial charge in [-0.3, -0.25) is 4.79 Å². The molecule has 6 heteroatoms. The van der Waals surface area contributed by atoms with E-state index in [1.807, 2.05) is 23.1 Å². The second kappa shape index (κ2) is 8.71. The monoisotopic (exact) mass is 384 g/mol. The molecule has 2 heterocycles. The Morgan fingerprint density at radius 3 is 2.96 bits per heavy atom. The molecular formula is C22H25FN2O3. The molecule has 2 fully saturated rings. The molecule has 0 aromatic heterocycles. The zero-order valence-corrected chi connectivity index (χ0v) is 15.8. The Labute approximate surface area is 164 Å². The Morgan fingerprint density at radius 1 is 1.25 bits per heavy atom. The summed E-state index contributed by atoms with van der Waals surface area (Å²) in [7, 11) is 0. The molecule has 1 N–H and O–H groups in total. The van der Waals surface area contributed by atoms with Crippen molar-refractivity contribution in [2.45, 2.75) is 25.0 Å². The number of nitrogens with zero attached hydrogens (tertiary/aromatic N) is 1. The third-order valence-electron chi connectivity index (χ3n) is 5.28. The highest BCUT2D eigenvalue weighted by Gasteiger charge is 2.29. The smallest absolute Gasteiger partial charge is 0.254 e. The molecule has 0 aliphatic carbocycles. The van der Waals surface area contributed by atoms with Gasteiger partial charge in [-0.05, 0) is 48.7 Å². The molecule has 2 aromatic carbocycles. The highest BCUT2D eigenvalue weighted by atomic mass is 19.1. The van der Waals surface area contributed by atoms with Gasteiger partial charge >= 0.3 is 0 Å². The Bertz CT molecular complexity index is 823. The van der Waals surface area contributed by atoms with Crippen LogP contribution in [0.4, 0.5) is 4.39 Å². The molecule has 0 saturated carbocycles. The summed E-state index contributed by atoms with van der Waals surface area (Å²) < 4.78 is 25.1. The molecule has 28 heavy (non-hydrogen) atoms. The first kappa shape index (κ1) is 18.9. The van der Waals surface area contributed by atoms with Gasteiger partial charge in [-0.15, -0.1) is 0 Å². The minimum absolute atomic E-state index is 0.0710. The van der Waals surface area contributed by atoms with Gasteiger partial charge in [0.2, 0.25) is 0 Å². The van der Waals surface area contributed by atoms with Crippen LogP contribution in [0.15, 0.2) is 48.5 Å². The summed E-state index contributed by atoms with van der Waals surface area (Å²) in [6.07, 6.45) is 2.20. The standard InChI is InChI=1S/C22H25FN2O3/c23-18-6-1-4-16(12-18)21-14-24-9-10-25(21)22(26)17-5-2-7-19(13-17)28-15-20-8-3-11-27-20/h1-2,4-7,12-13,20-21,24H,3,8-11,14-15H2. The van der Waals surface area contributed by atoms with E-state index in [0.717, 1.165) is 25.0 Å². The summed E-state index contributed by atoms with van der Waals surface area (Å²) in [5.74, 6) is 0.303. The van der Waals surface area contributed by atoms with Crippen LogP contribution >= 0.6 is 0 Å². The summed E-state index contributed by atoms with van der Waals surface area (Å²) in [5, 5.41) is 3.30. The van der Waals surface area contributed by atoms with Gasteiger partial charge in [-0.25, -0.2) is 4.39 Å². The van der Waals surface area contributed by atoms with E-state index in [0.29, 0.717) is 37.6 Å². The fourth-order valence-corrected chi connectivity index (χ4v) is 3.81. The normalized spacial score (nSPS) is 22.2. The van der Waals surface area contributed by atoms with Crippen LogP contribution in [0.1, 0.15) is 34.8 Å². The number of nitrogens with one attached hydrogen (secondary N) is 1. The number of carbonyl (C=O) groups is 1. The number of halogens is 1. The van der Waals surface area contributed by atoms with Gasteiger partial charge in [0.1, 0.15) is 18.2 Å². The summed E-state index contributed by atoms with van der Waals surface area (Å²) in [6, 6.07) is 13.5. The number of rotatable bonds is 5. The third-order valence-corrected chi connectivity index (χ3v) is 5.28. The van der Waals surface area contributed by atoms with Crippen LogP contribution in [0.3, 0.4) is 0 Å². The lowest BCUT2D eigenvalue weighted by atomic mass is 10.0. The number of hydrogen-bond acceptors (Lipinski definition) is 4. The number of carbonyl (C=O) groups excluding carboxylic acids is 1. The lowest BCUT2D eigenvalue weighted by molar-refractivity contribution is 0.0630. The van der Waals surface area contributed by atoms with Gasteiger partial charge in [0.15, 0.2) is 0 Å². The number of benzene rings is 2. The zero-order chi connectivity index (χ0) is 19.3. The first-order chi connectivity index (χ1) is 13.7. The van der Waals surface area contributed by atoms with E-state index in [2.05, 4.69) is 5.32 Å². The summed E-state index contributed by atoms with van der Waals surface area (Å²) >= 11 is 0. The van der Waals surface area contributed by atoms with Gasteiger partial charge in [-0.1, -0.05) is 18.2 Å². The Morgan fingerprint density at radius 2 is 2.14 bits per heavy atom. The minimum Gasteiger partial charge on any atom is -0.491 e. The van der Waals surface area contributed by atoms with Gasteiger partial charge in [0.25, 0.3) is 5.91 Å². The Balaban J connectivity index is 1.49. The van der Waals surface area contributed by atoms with Crippen LogP contribution in [-0.4, -0.2) is 49.8 Å². The van der Waals surface area contributed by atoms with Crippen molar-refractivity contribution in [2.24, 2.45) is 0 Å². The molecule has 148 valence electrons. The Kier molecular flexibility index (Phi) is 5.88. The SMILES string of the molecule is O=C(c1cccc(OCC2CCCO2)c1)N1CCNCC1c1cccc(F)c1. The van der Waals surface area contributed by atoms with E-state index in [9.17, 15) is 9.18 Å². The van der Waals surface area contributed by atoms with Crippen molar-refractivity contribution >= 4 is 5.91 Å². The maximum absolute atomic E-state index is 13.7. The molecule has 2 saturated heterocycles. The van der Waals surface area contributed by atoms with Crippen molar-refractivity contribution in [1.29, 1.82) is 0 Å². The number of hydrogen-bond donors (Lipinski definition) is 1. The molecule has 2 aliphatic heterocycles. The van der Waals surface area contributed by atoms with Gasteiger partial charge in [0, 0.05) is 31.8 Å². The van der Waals surface area contributed by atoms with Gasteiger partial charge in [0.05, 0.1) is 12.1 Å². The van der Waals surface area contributed by atoms with Crippen molar-refractivity contribution in [3.63, 3.8) is 0 Å². The lowest BCUT2D eigenvalue weighted by Crippen LogP contribution is -2.48. The highest BCUT2D eigenvalue weighted by Crippen LogP contribution is 2.26. The molecule has 0 radical (unpaired) electrons. The van der Waals surface area contributed by atoms with Crippen molar-refractivity contribution in [1.82, 2.24) is 10.2 Å². The van der Waals surface area contributed by atoms with Gasteiger partial charge in [-0.2, -0.15) is 0 Å². The molecule has 4 rings (SSSR count). The predicted molar refractivity (Wildman–Crippen MR) is 104 cm³/mol. The topological polar surface area (TPSA) is 50.8 Å². The van der Waals surface area contributed by atoms with Crippen LogP contribution in [0.2, 0.25) is 0 Å². The minimum atomic E-state index is -0.292. The van der Waals surface area contributed by atoms with Crippen LogP contribution < -0.4 is 10.1 Å². The average Bonchev–Trinajstić information content (AvgIpc) is 3.26. The van der Waals surface area contributed by atoms with Crippen molar-refractivity contribution in [3.8, 4) is 5.75 Å². The van der Waals surface area contributed by atoms with Crippen LogP contribution in [-0.2, 0) is 4.74 Å². The molecule has 5 nitrogen and oxygen atoms in total. The Hall–Kier alpha value is -2.44. The zero-order valence-electron chi connectivity index (χ0n) is 15.8. The van der Waals surface area contributed by atoms with Gasteiger partial charge < -0.3 is 19.7 Å². The lowest BCUT2D eigenvalue weighted by Gasteiger charge is -2.36. The van der Waals surface area contributed by atoms with E-state index < -0.39 is 0 Å². The van der Waals surface area contributed by atoms with Crippen molar-refractivity contribution < 1.29 is 18.7 Å². The van der Waals surface area contributed by atoms with Crippen LogP contribution in [0.5, 0.6) is 5.75 Å². The molecule has 1 amide bonds. The fourth-order valence-electron chi connectivity index (χ4n) is 3.81. The highest BCUT2D eigenvalue weighted by molar-refractivity contribution is 5.95. The second-order valence-corrected chi connectivity index (χ2v) is 7.25. The summed E-state index contributed by atoms with van der Waals surface area (Å²) in [6.45, 7) is 3.17. The van der Waals surface area contributed by atoms with E-state index in [1.165, 1.54) is 12.1 Å². The quantitative estimate of drug-likeness (QED) is 0.860.